The van der Waals surface area contributed by atoms with Crippen LogP contribution in [0.5, 0.6) is 0 Å². The third-order valence-corrected chi connectivity index (χ3v) is 6.70. The molecule has 0 atom stereocenters. The summed E-state index contributed by atoms with van der Waals surface area (Å²) in [6, 6.07) is 19.4. The third kappa shape index (κ3) is 4.10. The average Bonchev–Trinajstić information content (AvgIpc) is 3.30. The van der Waals surface area contributed by atoms with Gasteiger partial charge in [0.1, 0.15) is 0 Å². The summed E-state index contributed by atoms with van der Waals surface area (Å²) >= 11 is 6.12. The molecule has 0 spiro atoms. The standard InChI is InChI=1S/C26H26ClN3O2/c27-21-9-4-6-19(16-21)18-28-12-14-29(15-13-28)26(32)25-22(20-7-2-1-3-8-20)17-24(31)30-11-5-10-23(25)30/h1-4,6-9,16-17H,5,10-15,18H2. The van der Waals surface area contributed by atoms with E-state index in [0.29, 0.717) is 25.2 Å². The Labute approximate surface area is 192 Å². The molecule has 2 aromatic carbocycles. The third-order valence-electron chi connectivity index (χ3n) is 6.47. The van der Waals surface area contributed by atoms with Crippen LogP contribution >= 0.6 is 11.6 Å². The van der Waals surface area contributed by atoms with Crippen molar-refractivity contribution in [3.63, 3.8) is 0 Å². The van der Waals surface area contributed by atoms with Crippen molar-refractivity contribution in [1.82, 2.24) is 14.4 Å². The first-order valence-electron chi connectivity index (χ1n) is 11.2. The molecule has 1 saturated heterocycles. The number of carbonyl (C=O) groups is 1. The van der Waals surface area contributed by atoms with Crippen molar-refractivity contribution in [2.75, 3.05) is 26.2 Å². The average molecular weight is 448 g/mol. The minimum absolute atomic E-state index is 0.0146. The Morgan fingerprint density at radius 3 is 2.44 bits per heavy atom. The van der Waals surface area contributed by atoms with Crippen LogP contribution in [0, 0.1) is 0 Å². The normalized spacial score (nSPS) is 16.2. The lowest BCUT2D eigenvalue weighted by atomic mass is 9.96. The minimum atomic E-state index is -0.0146. The number of amides is 1. The van der Waals surface area contributed by atoms with Crippen LogP contribution in [0.2, 0.25) is 5.02 Å². The Kier molecular flexibility index (Phi) is 5.85. The Morgan fingerprint density at radius 2 is 1.69 bits per heavy atom. The van der Waals surface area contributed by atoms with Gasteiger partial charge in [-0.1, -0.05) is 54.1 Å². The van der Waals surface area contributed by atoms with Crippen molar-refractivity contribution in [2.24, 2.45) is 0 Å². The molecule has 1 aromatic heterocycles. The van der Waals surface area contributed by atoms with Crippen LogP contribution in [-0.4, -0.2) is 46.5 Å². The molecule has 5 nitrogen and oxygen atoms in total. The van der Waals surface area contributed by atoms with Crippen molar-refractivity contribution in [3.05, 3.63) is 92.9 Å². The summed E-state index contributed by atoms with van der Waals surface area (Å²) in [4.78, 5) is 30.8. The van der Waals surface area contributed by atoms with Crippen molar-refractivity contribution < 1.29 is 4.79 Å². The van der Waals surface area contributed by atoms with E-state index in [9.17, 15) is 9.59 Å². The van der Waals surface area contributed by atoms with Crippen molar-refractivity contribution >= 4 is 17.5 Å². The van der Waals surface area contributed by atoms with Gasteiger partial charge in [-0.25, -0.2) is 0 Å². The Hall–Kier alpha value is -2.89. The first kappa shape index (κ1) is 21.0. The Morgan fingerprint density at radius 1 is 0.906 bits per heavy atom. The molecule has 1 fully saturated rings. The summed E-state index contributed by atoms with van der Waals surface area (Å²) in [6.07, 6.45) is 1.67. The van der Waals surface area contributed by atoms with Gasteiger partial charge in [-0.2, -0.15) is 0 Å². The highest BCUT2D eigenvalue weighted by molar-refractivity contribution is 6.30. The number of hydrogen-bond acceptors (Lipinski definition) is 3. The molecule has 0 N–H and O–H groups in total. The number of carbonyl (C=O) groups excluding carboxylic acids is 1. The highest BCUT2D eigenvalue weighted by atomic mass is 35.5. The van der Waals surface area contributed by atoms with Gasteiger partial charge in [-0.05, 0) is 36.1 Å². The van der Waals surface area contributed by atoms with E-state index in [1.54, 1.807) is 10.6 Å². The maximum absolute atomic E-state index is 13.7. The van der Waals surface area contributed by atoms with Crippen LogP contribution in [0.15, 0.2) is 65.5 Å². The molecular weight excluding hydrogens is 422 g/mol. The van der Waals surface area contributed by atoms with E-state index in [4.69, 9.17) is 11.6 Å². The number of benzene rings is 2. The molecule has 2 aliphatic rings. The fourth-order valence-electron chi connectivity index (χ4n) is 4.85. The second-order valence-electron chi connectivity index (χ2n) is 8.54. The second kappa shape index (κ2) is 8.93. The van der Waals surface area contributed by atoms with Gasteiger partial charge < -0.3 is 9.47 Å². The summed E-state index contributed by atoms with van der Waals surface area (Å²) in [6.45, 7) is 4.49. The number of pyridine rings is 1. The molecule has 1 amide bonds. The molecule has 3 heterocycles. The first-order chi connectivity index (χ1) is 15.6. The van der Waals surface area contributed by atoms with E-state index in [-0.39, 0.29) is 11.5 Å². The fourth-order valence-corrected chi connectivity index (χ4v) is 5.06. The zero-order valence-electron chi connectivity index (χ0n) is 18.0. The molecule has 0 radical (unpaired) electrons. The van der Waals surface area contributed by atoms with Crippen LogP contribution in [0.1, 0.15) is 28.0 Å². The summed E-state index contributed by atoms with van der Waals surface area (Å²) in [5.41, 5.74) is 4.44. The summed E-state index contributed by atoms with van der Waals surface area (Å²) < 4.78 is 1.79. The van der Waals surface area contributed by atoms with E-state index in [1.165, 1.54) is 5.56 Å². The zero-order chi connectivity index (χ0) is 22.1. The molecule has 0 bridgehead atoms. The minimum Gasteiger partial charge on any atom is -0.336 e. The van der Waals surface area contributed by atoms with Crippen molar-refractivity contribution in [2.45, 2.75) is 25.9 Å². The van der Waals surface area contributed by atoms with E-state index < -0.39 is 0 Å². The lowest BCUT2D eigenvalue weighted by molar-refractivity contribution is 0.0627. The van der Waals surface area contributed by atoms with Crippen LogP contribution in [0.25, 0.3) is 11.1 Å². The maximum Gasteiger partial charge on any atom is 0.256 e. The van der Waals surface area contributed by atoms with Gasteiger partial charge in [0.15, 0.2) is 0 Å². The predicted molar refractivity (Wildman–Crippen MR) is 127 cm³/mol. The first-order valence-corrected chi connectivity index (χ1v) is 11.6. The molecule has 5 rings (SSSR count). The van der Waals surface area contributed by atoms with Gasteiger partial charge in [-0.15, -0.1) is 0 Å². The number of aromatic nitrogens is 1. The maximum atomic E-state index is 13.7. The SMILES string of the molecule is O=C(c1c(-c2ccccc2)cc(=O)n2c1CCC2)N1CCN(Cc2cccc(Cl)c2)CC1. The molecule has 0 saturated carbocycles. The van der Waals surface area contributed by atoms with Gasteiger partial charge in [-0.3, -0.25) is 14.5 Å². The van der Waals surface area contributed by atoms with Crippen molar-refractivity contribution in [1.29, 1.82) is 0 Å². The summed E-state index contributed by atoms with van der Waals surface area (Å²) in [5, 5.41) is 0.748. The second-order valence-corrected chi connectivity index (χ2v) is 8.97. The van der Waals surface area contributed by atoms with Gasteiger partial charge in [0, 0.05) is 61.6 Å². The van der Waals surface area contributed by atoms with E-state index >= 15 is 0 Å². The topological polar surface area (TPSA) is 45.6 Å². The van der Waals surface area contributed by atoms with Crippen molar-refractivity contribution in [3.8, 4) is 11.1 Å². The van der Waals surface area contributed by atoms with Crippen LogP contribution < -0.4 is 5.56 Å². The van der Waals surface area contributed by atoms with E-state index in [0.717, 1.165) is 54.3 Å². The smallest absolute Gasteiger partial charge is 0.256 e. The molecule has 0 unspecified atom stereocenters. The highest BCUT2D eigenvalue weighted by Crippen LogP contribution is 2.29. The monoisotopic (exact) mass is 447 g/mol. The van der Waals surface area contributed by atoms with Gasteiger partial charge in [0.2, 0.25) is 0 Å². The number of hydrogen-bond donors (Lipinski definition) is 0. The van der Waals surface area contributed by atoms with Crippen LogP contribution in [0.4, 0.5) is 0 Å². The summed E-state index contributed by atoms with van der Waals surface area (Å²) in [5.74, 6) is 0.0388. The number of fused-ring (bicyclic) bond motifs is 1. The molecule has 6 heteroatoms. The Bertz CT molecular complexity index is 1200. The fraction of sp³-hybridized carbons (Fsp3) is 0.308. The molecular formula is C26H26ClN3O2. The van der Waals surface area contributed by atoms with Crippen LogP contribution in [0.3, 0.4) is 0 Å². The number of piperazine rings is 1. The molecule has 2 aliphatic heterocycles. The predicted octanol–water partition coefficient (Wildman–Crippen LogP) is 4.07. The van der Waals surface area contributed by atoms with Gasteiger partial charge >= 0.3 is 0 Å². The molecule has 32 heavy (non-hydrogen) atoms. The largest absolute Gasteiger partial charge is 0.336 e. The van der Waals surface area contributed by atoms with Crippen LogP contribution in [-0.2, 0) is 19.5 Å². The van der Waals surface area contributed by atoms with Gasteiger partial charge in [0.25, 0.3) is 11.5 Å². The van der Waals surface area contributed by atoms with Gasteiger partial charge in [0.05, 0.1) is 5.56 Å². The van der Waals surface area contributed by atoms with E-state index in [1.807, 2.05) is 53.4 Å². The Balaban J connectivity index is 1.39. The lowest BCUT2D eigenvalue weighted by Gasteiger charge is -2.35. The zero-order valence-corrected chi connectivity index (χ0v) is 18.7. The number of rotatable bonds is 4. The quantitative estimate of drug-likeness (QED) is 0.605. The number of nitrogens with zero attached hydrogens (tertiary/aromatic N) is 3. The summed E-state index contributed by atoms with van der Waals surface area (Å²) in [7, 11) is 0. The highest BCUT2D eigenvalue weighted by Gasteiger charge is 2.30. The lowest BCUT2D eigenvalue weighted by Crippen LogP contribution is -2.48. The molecule has 164 valence electrons. The molecule has 0 aliphatic carbocycles. The van der Waals surface area contributed by atoms with E-state index in [2.05, 4.69) is 11.0 Å². The number of halogens is 1. The molecule has 3 aromatic rings.